The van der Waals surface area contributed by atoms with E-state index in [2.05, 4.69) is 4.98 Å². The van der Waals surface area contributed by atoms with Crippen LogP contribution in [0.5, 0.6) is 0 Å². The summed E-state index contributed by atoms with van der Waals surface area (Å²) in [4.78, 5) is 30.4. The zero-order valence-corrected chi connectivity index (χ0v) is 14.6. The summed E-state index contributed by atoms with van der Waals surface area (Å²) in [6, 6.07) is 17.1. The highest BCUT2D eigenvalue weighted by atomic mass is 32.2. The zero-order valence-electron chi connectivity index (χ0n) is 13.8. The first-order valence-corrected chi connectivity index (χ1v) is 9.25. The van der Waals surface area contributed by atoms with Gasteiger partial charge in [-0.1, -0.05) is 49.4 Å². The van der Waals surface area contributed by atoms with Crippen LogP contribution in [0.2, 0.25) is 0 Å². The van der Waals surface area contributed by atoms with Crippen LogP contribution in [0, 0.1) is 0 Å². The number of thioether (sulfide) groups is 1. The Morgan fingerprint density at radius 1 is 1.08 bits per heavy atom. The molecule has 1 amide bonds. The molecule has 1 aliphatic rings. The third kappa shape index (κ3) is 2.62. The first kappa shape index (κ1) is 15.9. The molecule has 0 saturated carbocycles. The summed E-state index contributed by atoms with van der Waals surface area (Å²) in [5, 5.41) is 1.87. The molecule has 6 heteroatoms. The van der Waals surface area contributed by atoms with Crippen LogP contribution in [-0.4, -0.2) is 21.3 Å². The molecule has 126 valence electrons. The van der Waals surface area contributed by atoms with Crippen molar-refractivity contribution in [2.75, 3.05) is 10.8 Å². The molecule has 1 aliphatic heterocycles. The number of nitrogens with zero attached hydrogens (tertiary/aromatic N) is 3. The average molecular weight is 351 g/mol. The van der Waals surface area contributed by atoms with Gasteiger partial charge in [-0.3, -0.25) is 9.59 Å². The molecule has 0 bridgehead atoms. The molecule has 1 saturated heterocycles. The van der Waals surface area contributed by atoms with Gasteiger partial charge in [-0.05, 0) is 17.7 Å². The number of benzene rings is 2. The number of aryl methyl sites for hydroxylation is 1. The Bertz CT molecular complexity index is 1000. The predicted octanol–water partition coefficient (Wildman–Crippen LogP) is 2.87. The maximum Gasteiger partial charge on any atom is 0.280 e. The number of amides is 1. The third-order valence-electron chi connectivity index (χ3n) is 4.28. The Kier molecular flexibility index (Phi) is 4.05. The second-order valence-corrected chi connectivity index (χ2v) is 6.90. The molecule has 1 aromatic heterocycles. The third-order valence-corrected chi connectivity index (χ3v) is 5.48. The number of fused-ring (bicyclic) bond motifs is 1. The van der Waals surface area contributed by atoms with Crippen LogP contribution in [0.1, 0.15) is 23.7 Å². The minimum absolute atomic E-state index is 0.0762. The second kappa shape index (κ2) is 6.37. The van der Waals surface area contributed by atoms with Crippen LogP contribution in [-0.2, 0) is 11.2 Å². The maximum absolute atomic E-state index is 13.1. The topological polar surface area (TPSA) is 55.2 Å². The summed E-state index contributed by atoms with van der Waals surface area (Å²) in [6.07, 6.45) is 0.566. The molecule has 5 nitrogen and oxygen atoms in total. The predicted molar refractivity (Wildman–Crippen MR) is 100 cm³/mol. The van der Waals surface area contributed by atoms with Gasteiger partial charge in [-0.15, -0.1) is 11.8 Å². The van der Waals surface area contributed by atoms with Gasteiger partial charge in [0.25, 0.3) is 11.5 Å². The van der Waals surface area contributed by atoms with Gasteiger partial charge in [0.05, 0.1) is 16.7 Å². The number of rotatable bonds is 3. The lowest BCUT2D eigenvalue weighted by Crippen LogP contribution is -2.46. The van der Waals surface area contributed by atoms with Gasteiger partial charge in [0.1, 0.15) is 11.2 Å². The lowest BCUT2D eigenvalue weighted by Gasteiger charge is -2.27. The molecule has 2 heterocycles. The quantitative estimate of drug-likeness (QED) is 0.728. The van der Waals surface area contributed by atoms with E-state index in [1.54, 1.807) is 11.1 Å². The Hall–Kier alpha value is -2.60. The van der Waals surface area contributed by atoms with Crippen molar-refractivity contribution in [1.82, 2.24) is 9.66 Å². The molecular formula is C19H17N3O2S. The normalized spacial score (nSPS) is 17.4. The molecule has 0 N–H and O–H groups in total. The van der Waals surface area contributed by atoms with Crippen LogP contribution in [0.25, 0.3) is 10.9 Å². The SMILES string of the molecule is CCc1nc2ccccc2c(=O)n1N1C(=O)CSC1c1ccccc1. The van der Waals surface area contributed by atoms with E-state index in [1.807, 2.05) is 55.5 Å². The van der Waals surface area contributed by atoms with E-state index in [9.17, 15) is 9.59 Å². The molecule has 1 unspecified atom stereocenters. The van der Waals surface area contributed by atoms with Crippen LogP contribution in [0.3, 0.4) is 0 Å². The van der Waals surface area contributed by atoms with Gasteiger partial charge in [-0.25, -0.2) is 9.99 Å². The number of carbonyl (C=O) groups excluding carboxylic acids is 1. The summed E-state index contributed by atoms with van der Waals surface area (Å²) >= 11 is 1.53. The van der Waals surface area contributed by atoms with E-state index in [0.717, 1.165) is 5.56 Å². The van der Waals surface area contributed by atoms with Gasteiger partial charge in [0.15, 0.2) is 0 Å². The van der Waals surface area contributed by atoms with Gasteiger partial charge >= 0.3 is 0 Å². The largest absolute Gasteiger partial charge is 0.280 e. The molecule has 0 spiro atoms. The van der Waals surface area contributed by atoms with E-state index < -0.39 is 0 Å². The fourth-order valence-electron chi connectivity index (χ4n) is 3.11. The summed E-state index contributed by atoms with van der Waals surface area (Å²) in [7, 11) is 0. The van der Waals surface area contributed by atoms with Crippen molar-refractivity contribution in [2.45, 2.75) is 18.7 Å². The Labute approximate surface area is 149 Å². The van der Waals surface area contributed by atoms with Gasteiger partial charge in [0, 0.05) is 6.42 Å². The standard InChI is InChI=1S/C19H17N3O2S/c1-2-16-20-15-11-7-6-10-14(15)18(24)21(16)22-17(23)12-25-19(22)13-8-4-3-5-9-13/h3-11,19H,2,12H2,1H3. The summed E-state index contributed by atoms with van der Waals surface area (Å²) in [5.41, 5.74) is 1.47. The molecular weight excluding hydrogens is 334 g/mol. The van der Waals surface area contributed by atoms with Crippen LogP contribution in [0.15, 0.2) is 59.4 Å². The number of hydrogen-bond donors (Lipinski definition) is 0. The molecule has 4 rings (SSSR count). The van der Waals surface area contributed by atoms with Crippen LogP contribution < -0.4 is 10.6 Å². The number of para-hydroxylation sites is 1. The highest BCUT2D eigenvalue weighted by molar-refractivity contribution is 8.00. The van der Waals surface area contributed by atoms with Crippen molar-refractivity contribution in [1.29, 1.82) is 0 Å². The van der Waals surface area contributed by atoms with Gasteiger partial charge in [-0.2, -0.15) is 4.68 Å². The first-order valence-electron chi connectivity index (χ1n) is 8.20. The van der Waals surface area contributed by atoms with Crippen molar-refractivity contribution in [3.8, 4) is 0 Å². The summed E-state index contributed by atoms with van der Waals surface area (Å²) < 4.78 is 1.47. The van der Waals surface area contributed by atoms with E-state index >= 15 is 0 Å². The molecule has 1 fully saturated rings. The van der Waals surface area contributed by atoms with Crippen molar-refractivity contribution in [3.05, 3.63) is 76.3 Å². The Morgan fingerprint density at radius 3 is 2.56 bits per heavy atom. The zero-order chi connectivity index (χ0) is 17.4. The first-order chi connectivity index (χ1) is 12.2. The molecule has 3 aromatic rings. The molecule has 25 heavy (non-hydrogen) atoms. The van der Waals surface area contributed by atoms with E-state index in [1.165, 1.54) is 16.4 Å². The monoisotopic (exact) mass is 351 g/mol. The second-order valence-electron chi connectivity index (χ2n) is 5.83. The Balaban J connectivity index is 1.94. The highest BCUT2D eigenvalue weighted by Gasteiger charge is 2.36. The average Bonchev–Trinajstić information content (AvgIpc) is 3.03. The summed E-state index contributed by atoms with van der Waals surface area (Å²) in [5.74, 6) is 0.871. The highest BCUT2D eigenvalue weighted by Crippen LogP contribution is 2.37. The molecule has 0 radical (unpaired) electrons. The summed E-state index contributed by atoms with van der Waals surface area (Å²) in [6.45, 7) is 1.94. The van der Waals surface area contributed by atoms with Crippen molar-refractivity contribution in [2.24, 2.45) is 0 Å². The van der Waals surface area contributed by atoms with E-state index in [4.69, 9.17) is 0 Å². The van der Waals surface area contributed by atoms with Crippen molar-refractivity contribution < 1.29 is 4.79 Å². The lowest BCUT2D eigenvalue weighted by molar-refractivity contribution is -0.117. The van der Waals surface area contributed by atoms with Crippen LogP contribution in [0.4, 0.5) is 0 Å². The van der Waals surface area contributed by atoms with Gasteiger partial charge in [0.2, 0.25) is 0 Å². The van der Waals surface area contributed by atoms with Crippen LogP contribution >= 0.6 is 11.8 Å². The van der Waals surface area contributed by atoms with Crippen molar-refractivity contribution >= 4 is 28.6 Å². The lowest BCUT2D eigenvalue weighted by atomic mass is 10.2. The number of hydrogen-bond acceptors (Lipinski definition) is 4. The van der Waals surface area contributed by atoms with Crippen molar-refractivity contribution in [3.63, 3.8) is 0 Å². The smallest absolute Gasteiger partial charge is 0.272 e. The molecule has 1 atom stereocenters. The maximum atomic E-state index is 13.1. The number of aromatic nitrogens is 2. The molecule has 0 aliphatic carbocycles. The van der Waals surface area contributed by atoms with E-state index in [-0.39, 0.29) is 16.8 Å². The fraction of sp³-hybridized carbons (Fsp3) is 0.211. The van der Waals surface area contributed by atoms with E-state index in [0.29, 0.717) is 28.9 Å². The fourth-order valence-corrected chi connectivity index (χ4v) is 4.25. The molecule has 2 aromatic carbocycles. The van der Waals surface area contributed by atoms with Gasteiger partial charge < -0.3 is 0 Å². The minimum Gasteiger partial charge on any atom is -0.272 e. The Morgan fingerprint density at radius 2 is 1.80 bits per heavy atom. The minimum atomic E-state index is -0.223. The number of carbonyl (C=O) groups is 1.